The molecule has 1 aliphatic rings. The smallest absolute Gasteiger partial charge is 0.335 e. The predicted molar refractivity (Wildman–Crippen MR) is 112 cm³/mol. The molecule has 3 rings (SSSR count). The Morgan fingerprint density at radius 2 is 1.77 bits per heavy atom. The average Bonchev–Trinajstić information content (AvgIpc) is 3.28. The van der Waals surface area contributed by atoms with Crippen LogP contribution in [0.15, 0.2) is 47.4 Å². The van der Waals surface area contributed by atoms with Gasteiger partial charge in [0.25, 0.3) is 0 Å². The van der Waals surface area contributed by atoms with Gasteiger partial charge in [0.05, 0.1) is 24.7 Å². The number of hydrogen-bond donors (Lipinski definition) is 2. The van der Waals surface area contributed by atoms with E-state index in [0.29, 0.717) is 24.2 Å². The molecule has 2 N–H and O–H groups in total. The molecule has 1 heterocycles. The highest BCUT2D eigenvalue weighted by molar-refractivity contribution is 7.89. The zero-order chi connectivity index (χ0) is 22.6. The van der Waals surface area contributed by atoms with Crippen molar-refractivity contribution in [2.75, 3.05) is 20.8 Å². The number of amides is 1. The molecule has 1 amide bonds. The van der Waals surface area contributed by atoms with Crippen molar-refractivity contribution in [3.63, 3.8) is 0 Å². The first kappa shape index (κ1) is 22.6. The second-order valence-corrected chi connectivity index (χ2v) is 8.90. The second-order valence-electron chi connectivity index (χ2n) is 7.01. The number of nitrogens with one attached hydrogen (secondary N) is 1. The third kappa shape index (κ3) is 4.80. The van der Waals surface area contributed by atoms with E-state index in [2.05, 4.69) is 5.32 Å². The van der Waals surface area contributed by atoms with Gasteiger partial charge < -0.3 is 19.9 Å². The summed E-state index contributed by atoms with van der Waals surface area (Å²) in [5, 5.41) is 11.7. The Bertz CT molecular complexity index is 1070. The van der Waals surface area contributed by atoms with Gasteiger partial charge in [-0.15, -0.1) is 0 Å². The van der Waals surface area contributed by atoms with E-state index < -0.39 is 27.9 Å². The van der Waals surface area contributed by atoms with Crippen molar-refractivity contribution >= 4 is 21.9 Å². The van der Waals surface area contributed by atoms with Crippen molar-refractivity contribution in [2.24, 2.45) is 0 Å². The number of carbonyl (C=O) groups is 2. The summed E-state index contributed by atoms with van der Waals surface area (Å²) in [6.07, 6.45) is 0.980. The van der Waals surface area contributed by atoms with Crippen molar-refractivity contribution in [1.82, 2.24) is 9.62 Å². The van der Waals surface area contributed by atoms with E-state index in [-0.39, 0.29) is 29.3 Å². The molecule has 166 valence electrons. The predicted octanol–water partition coefficient (Wildman–Crippen LogP) is 1.87. The van der Waals surface area contributed by atoms with Crippen molar-refractivity contribution in [1.29, 1.82) is 0 Å². The van der Waals surface area contributed by atoms with E-state index in [4.69, 9.17) is 14.6 Å². The van der Waals surface area contributed by atoms with E-state index >= 15 is 0 Å². The van der Waals surface area contributed by atoms with Crippen molar-refractivity contribution < 1.29 is 32.6 Å². The molecule has 0 aliphatic carbocycles. The number of carboxylic acid groups (broad SMARTS) is 1. The molecule has 2 aromatic rings. The van der Waals surface area contributed by atoms with Crippen LogP contribution in [-0.4, -0.2) is 56.5 Å². The highest BCUT2D eigenvalue weighted by Gasteiger charge is 2.39. The minimum absolute atomic E-state index is 0.0223. The SMILES string of the molecule is COc1ccc(S(=O)(=O)N2CCCC2C(=O)NCc2ccc(C(=O)O)cc2)cc1OC. The molecule has 0 bridgehead atoms. The molecule has 0 spiro atoms. The molecule has 0 radical (unpaired) electrons. The summed E-state index contributed by atoms with van der Waals surface area (Å²) in [4.78, 5) is 23.7. The van der Waals surface area contributed by atoms with Gasteiger partial charge in [-0.05, 0) is 42.7 Å². The number of benzene rings is 2. The average molecular weight is 448 g/mol. The lowest BCUT2D eigenvalue weighted by Crippen LogP contribution is -2.45. The van der Waals surface area contributed by atoms with Gasteiger partial charge in [-0.2, -0.15) is 4.31 Å². The van der Waals surface area contributed by atoms with Gasteiger partial charge >= 0.3 is 5.97 Å². The largest absolute Gasteiger partial charge is 0.493 e. The lowest BCUT2D eigenvalue weighted by Gasteiger charge is -2.24. The zero-order valence-corrected chi connectivity index (χ0v) is 18.0. The van der Waals surface area contributed by atoms with Crippen LogP contribution in [0.25, 0.3) is 0 Å². The molecule has 0 saturated carbocycles. The maximum Gasteiger partial charge on any atom is 0.335 e. The summed E-state index contributed by atoms with van der Waals surface area (Å²) in [6.45, 7) is 0.404. The Hall–Kier alpha value is -3.11. The normalized spacial score (nSPS) is 16.6. The Labute approximate surface area is 180 Å². The van der Waals surface area contributed by atoms with Crippen LogP contribution in [0.5, 0.6) is 11.5 Å². The molecular weight excluding hydrogens is 424 g/mol. The molecule has 1 fully saturated rings. The van der Waals surface area contributed by atoms with Crippen LogP contribution < -0.4 is 14.8 Å². The molecule has 31 heavy (non-hydrogen) atoms. The molecule has 1 unspecified atom stereocenters. The van der Waals surface area contributed by atoms with Gasteiger partial charge in [-0.25, -0.2) is 13.2 Å². The van der Waals surface area contributed by atoms with Crippen molar-refractivity contribution in [2.45, 2.75) is 30.3 Å². The topological polar surface area (TPSA) is 122 Å². The number of sulfonamides is 1. The number of carboxylic acids is 1. The van der Waals surface area contributed by atoms with Gasteiger partial charge in [0.2, 0.25) is 15.9 Å². The Morgan fingerprint density at radius 1 is 1.10 bits per heavy atom. The fourth-order valence-electron chi connectivity index (χ4n) is 3.47. The highest BCUT2D eigenvalue weighted by atomic mass is 32.2. The first-order valence-electron chi connectivity index (χ1n) is 9.61. The maximum absolute atomic E-state index is 13.2. The van der Waals surface area contributed by atoms with Crippen LogP contribution in [0.1, 0.15) is 28.8 Å². The lowest BCUT2D eigenvalue weighted by atomic mass is 10.1. The maximum atomic E-state index is 13.2. The number of ether oxygens (including phenoxy) is 2. The van der Waals surface area contributed by atoms with Crippen LogP contribution in [-0.2, 0) is 21.4 Å². The number of aromatic carboxylic acids is 1. The van der Waals surface area contributed by atoms with E-state index in [9.17, 15) is 18.0 Å². The minimum atomic E-state index is -3.92. The standard InChI is InChI=1S/C21H24N2O7S/c1-29-18-10-9-16(12-19(18)30-2)31(27,28)23-11-3-4-17(23)20(24)22-13-14-5-7-15(8-6-14)21(25)26/h5-10,12,17H,3-4,11,13H2,1-2H3,(H,22,24)(H,25,26). The number of hydrogen-bond acceptors (Lipinski definition) is 6. The summed E-state index contributed by atoms with van der Waals surface area (Å²) in [5.41, 5.74) is 0.865. The van der Waals surface area contributed by atoms with Crippen LogP contribution in [0, 0.1) is 0 Å². The molecule has 1 saturated heterocycles. The molecule has 9 nitrogen and oxygen atoms in total. The Kier molecular flexibility index (Phi) is 6.81. The third-order valence-electron chi connectivity index (χ3n) is 5.14. The lowest BCUT2D eigenvalue weighted by molar-refractivity contribution is -0.124. The van der Waals surface area contributed by atoms with Crippen LogP contribution in [0.2, 0.25) is 0 Å². The van der Waals surface area contributed by atoms with Crippen LogP contribution in [0.3, 0.4) is 0 Å². The van der Waals surface area contributed by atoms with Crippen LogP contribution >= 0.6 is 0 Å². The van der Waals surface area contributed by atoms with E-state index in [1.807, 2.05) is 0 Å². The van der Waals surface area contributed by atoms with Gasteiger partial charge in [-0.1, -0.05) is 12.1 Å². The van der Waals surface area contributed by atoms with Crippen molar-refractivity contribution in [3.05, 3.63) is 53.6 Å². The number of carbonyl (C=O) groups excluding carboxylic acids is 1. The first-order chi connectivity index (χ1) is 14.8. The second kappa shape index (κ2) is 9.36. The van der Waals surface area contributed by atoms with E-state index in [1.165, 1.54) is 48.9 Å². The Morgan fingerprint density at radius 3 is 2.39 bits per heavy atom. The van der Waals surface area contributed by atoms with Crippen LogP contribution in [0.4, 0.5) is 0 Å². The fourth-order valence-corrected chi connectivity index (χ4v) is 5.15. The third-order valence-corrected chi connectivity index (χ3v) is 7.04. The molecule has 1 aliphatic heterocycles. The van der Waals surface area contributed by atoms with Gasteiger partial charge in [0.1, 0.15) is 6.04 Å². The summed E-state index contributed by atoms with van der Waals surface area (Å²) in [7, 11) is -1.04. The summed E-state index contributed by atoms with van der Waals surface area (Å²) >= 11 is 0. The molecule has 10 heteroatoms. The summed E-state index contributed by atoms with van der Waals surface area (Å²) in [6, 6.07) is 9.61. The molecule has 2 aromatic carbocycles. The van der Waals surface area contributed by atoms with E-state index in [0.717, 1.165) is 0 Å². The van der Waals surface area contributed by atoms with Crippen molar-refractivity contribution in [3.8, 4) is 11.5 Å². The molecule has 1 atom stereocenters. The number of rotatable bonds is 8. The molecular formula is C21H24N2O7S. The van der Waals surface area contributed by atoms with Gasteiger partial charge in [-0.3, -0.25) is 4.79 Å². The van der Waals surface area contributed by atoms with Gasteiger partial charge in [0.15, 0.2) is 11.5 Å². The highest BCUT2D eigenvalue weighted by Crippen LogP contribution is 2.33. The summed E-state index contributed by atoms with van der Waals surface area (Å²) in [5.74, 6) is -0.735. The zero-order valence-electron chi connectivity index (χ0n) is 17.2. The molecule has 0 aromatic heterocycles. The number of nitrogens with zero attached hydrogens (tertiary/aromatic N) is 1. The monoisotopic (exact) mass is 448 g/mol. The van der Waals surface area contributed by atoms with Gasteiger partial charge in [0, 0.05) is 19.2 Å². The van der Waals surface area contributed by atoms with E-state index in [1.54, 1.807) is 12.1 Å². The summed E-state index contributed by atoms with van der Waals surface area (Å²) < 4.78 is 37.9. The fraction of sp³-hybridized carbons (Fsp3) is 0.333. The minimum Gasteiger partial charge on any atom is -0.493 e. The Balaban J connectivity index is 1.73. The quantitative estimate of drug-likeness (QED) is 0.632. The first-order valence-corrected chi connectivity index (χ1v) is 11.1. The number of methoxy groups -OCH3 is 2.